The maximum Gasteiger partial charge on any atom is 0.120 e. The van der Waals surface area contributed by atoms with E-state index >= 15 is 0 Å². The van der Waals surface area contributed by atoms with Gasteiger partial charge in [0.15, 0.2) is 0 Å². The molecule has 1 unspecified atom stereocenters. The number of hydrogen-bond acceptors (Lipinski definition) is 3. The van der Waals surface area contributed by atoms with Crippen molar-refractivity contribution in [3.05, 3.63) is 29.8 Å². The quantitative estimate of drug-likeness (QED) is 0.804. The Hall–Kier alpha value is -0.670. The molecule has 1 fully saturated rings. The third-order valence-corrected chi connectivity index (χ3v) is 3.54. The zero-order valence-corrected chi connectivity index (χ0v) is 11.4. The van der Waals surface area contributed by atoms with Crippen LogP contribution >= 0.6 is 11.8 Å². The molecule has 1 atom stereocenters. The van der Waals surface area contributed by atoms with Crippen LogP contribution in [-0.4, -0.2) is 24.7 Å². The molecule has 0 heterocycles. The van der Waals surface area contributed by atoms with Crippen LogP contribution in [0, 0.1) is 0 Å². The fourth-order valence-electron chi connectivity index (χ4n) is 1.87. The van der Waals surface area contributed by atoms with E-state index in [-0.39, 0.29) is 0 Å². The predicted octanol–water partition coefficient (Wildman–Crippen LogP) is 3.24. The number of rotatable bonds is 7. The number of ether oxygens (including phenoxy) is 1. The highest BCUT2D eigenvalue weighted by atomic mass is 32.2. The highest BCUT2D eigenvalue weighted by Crippen LogP contribution is 2.28. The summed E-state index contributed by atoms with van der Waals surface area (Å²) in [4.78, 5) is 0. The van der Waals surface area contributed by atoms with Crippen LogP contribution in [0.1, 0.15) is 31.4 Å². The van der Waals surface area contributed by atoms with E-state index in [9.17, 15) is 0 Å². The minimum atomic E-state index is 0.428. The summed E-state index contributed by atoms with van der Waals surface area (Å²) < 4.78 is 5.84. The van der Waals surface area contributed by atoms with Crippen molar-refractivity contribution in [1.82, 2.24) is 5.32 Å². The predicted molar refractivity (Wildman–Crippen MR) is 74.9 cm³/mol. The van der Waals surface area contributed by atoms with E-state index in [1.807, 2.05) is 11.8 Å². The van der Waals surface area contributed by atoms with Gasteiger partial charge in [0.2, 0.25) is 0 Å². The summed E-state index contributed by atoms with van der Waals surface area (Å²) in [6.07, 6.45) is 5.05. The Morgan fingerprint density at radius 1 is 1.47 bits per heavy atom. The molecule has 2 rings (SSSR count). The SMILES string of the molecule is CCNC(CSC)c1cccc(OC2CC2)c1. The van der Waals surface area contributed by atoms with Gasteiger partial charge >= 0.3 is 0 Å². The van der Waals surface area contributed by atoms with Crippen molar-refractivity contribution in [2.24, 2.45) is 0 Å². The van der Waals surface area contributed by atoms with Gasteiger partial charge < -0.3 is 10.1 Å². The normalized spacial score (nSPS) is 16.8. The molecule has 3 heteroatoms. The Morgan fingerprint density at radius 3 is 2.94 bits per heavy atom. The lowest BCUT2D eigenvalue weighted by Gasteiger charge is -2.18. The molecule has 0 radical (unpaired) electrons. The largest absolute Gasteiger partial charge is 0.490 e. The Bertz CT molecular complexity index is 346. The van der Waals surface area contributed by atoms with Crippen LogP contribution in [0.5, 0.6) is 5.75 Å². The summed E-state index contributed by atoms with van der Waals surface area (Å²) in [6.45, 7) is 3.15. The molecule has 0 bridgehead atoms. The highest BCUT2D eigenvalue weighted by Gasteiger charge is 2.23. The molecular weight excluding hydrogens is 230 g/mol. The second kappa shape index (κ2) is 6.31. The standard InChI is InChI=1S/C14H21NOS/c1-3-15-14(10-17-2)11-5-4-6-13(9-11)16-12-7-8-12/h4-6,9,12,14-15H,3,7-8,10H2,1-2H3. The van der Waals surface area contributed by atoms with Gasteiger partial charge in [0, 0.05) is 11.8 Å². The maximum absolute atomic E-state index is 5.84. The van der Waals surface area contributed by atoms with E-state index < -0.39 is 0 Å². The molecule has 1 aromatic carbocycles. The average Bonchev–Trinajstić information content (AvgIpc) is 3.13. The van der Waals surface area contributed by atoms with Crippen LogP contribution in [0.4, 0.5) is 0 Å². The lowest BCUT2D eigenvalue weighted by atomic mass is 10.1. The summed E-state index contributed by atoms with van der Waals surface area (Å²) >= 11 is 1.87. The van der Waals surface area contributed by atoms with Crippen LogP contribution in [0.3, 0.4) is 0 Å². The van der Waals surface area contributed by atoms with Gasteiger partial charge in [-0.2, -0.15) is 11.8 Å². The molecule has 1 saturated carbocycles. The van der Waals surface area contributed by atoms with Gasteiger partial charge in [0.25, 0.3) is 0 Å². The molecular formula is C14H21NOS. The Balaban J connectivity index is 2.05. The molecule has 1 aromatic rings. The number of benzene rings is 1. The fourth-order valence-corrected chi connectivity index (χ4v) is 2.51. The third kappa shape index (κ3) is 3.93. The lowest BCUT2D eigenvalue weighted by molar-refractivity contribution is 0.302. The summed E-state index contributed by atoms with van der Waals surface area (Å²) in [5, 5.41) is 3.52. The van der Waals surface area contributed by atoms with Crippen molar-refractivity contribution in [2.45, 2.75) is 31.9 Å². The molecule has 0 aliphatic heterocycles. The zero-order valence-electron chi connectivity index (χ0n) is 10.6. The van der Waals surface area contributed by atoms with Crippen LogP contribution in [0.2, 0.25) is 0 Å². The molecule has 0 spiro atoms. The second-order valence-electron chi connectivity index (χ2n) is 4.46. The monoisotopic (exact) mass is 251 g/mol. The van der Waals surface area contributed by atoms with Gasteiger partial charge in [-0.3, -0.25) is 0 Å². The van der Waals surface area contributed by atoms with Gasteiger partial charge in [-0.25, -0.2) is 0 Å². The topological polar surface area (TPSA) is 21.3 Å². The molecule has 0 aromatic heterocycles. The number of hydrogen-bond donors (Lipinski definition) is 1. The van der Waals surface area contributed by atoms with E-state index in [1.54, 1.807) is 0 Å². The van der Waals surface area contributed by atoms with Crippen molar-refractivity contribution >= 4 is 11.8 Å². The van der Waals surface area contributed by atoms with Gasteiger partial charge in [-0.1, -0.05) is 19.1 Å². The molecule has 94 valence electrons. The minimum absolute atomic E-state index is 0.428. The van der Waals surface area contributed by atoms with Crippen LogP contribution in [0.25, 0.3) is 0 Å². The van der Waals surface area contributed by atoms with Crippen molar-refractivity contribution in [3.63, 3.8) is 0 Å². The zero-order chi connectivity index (χ0) is 12.1. The summed E-state index contributed by atoms with van der Waals surface area (Å²) in [6, 6.07) is 8.95. The average molecular weight is 251 g/mol. The van der Waals surface area contributed by atoms with Crippen molar-refractivity contribution in [1.29, 1.82) is 0 Å². The number of nitrogens with one attached hydrogen (secondary N) is 1. The van der Waals surface area contributed by atoms with Crippen LogP contribution < -0.4 is 10.1 Å². The number of thioether (sulfide) groups is 1. The molecule has 0 amide bonds. The smallest absolute Gasteiger partial charge is 0.120 e. The summed E-state index contributed by atoms with van der Waals surface area (Å²) in [7, 11) is 0. The fraction of sp³-hybridized carbons (Fsp3) is 0.571. The van der Waals surface area contributed by atoms with Gasteiger partial charge in [0.05, 0.1) is 6.10 Å². The van der Waals surface area contributed by atoms with E-state index in [0.717, 1.165) is 18.0 Å². The molecule has 1 N–H and O–H groups in total. The summed E-state index contributed by atoms with van der Waals surface area (Å²) in [5.74, 6) is 2.12. The second-order valence-corrected chi connectivity index (χ2v) is 5.37. The van der Waals surface area contributed by atoms with Crippen LogP contribution in [0.15, 0.2) is 24.3 Å². The van der Waals surface area contributed by atoms with Crippen LogP contribution in [-0.2, 0) is 0 Å². The Kier molecular flexibility index (Phi) is 4.75. The minimum Gasteiger partial charge on any atom is -0.490 e. The molecule has 1 aliphatic rings. The van der Waals surface area contributed by atoms with Crippen molar-refractivity contribution in [2.75, 3.05) is 18.6 Å². The van der Waals surface area contributed by atoms with Crippen molar-refractivity contribution < 1.29 is 4.74 Å². The van der Waals surface area contributed by atoms with Gasteiger partial charge in [-0.05, 0) is 43.3 Å². The lowest BCUT2D eigenvalue weighted by Crippen LogP contribution is -2.22. The maximum atomic E-state index is 5.84. The third-order valence-electron chi connectivity index (χ3n) is 2.87. The molecule has 2 nitrogen and oxygen atoms in total. The van der Waals surface area contributed by atoms with Gasteiger partial charge in [0.1, 0.15) is 5.75 Å². The molecule has 1 aliphatic carbocycles. The van der Waals surface area contributed by atoms with E-state index in [2.05, 4.69) is 42.8 Å². The summed E-state index contributed by atoms with van der Waals surface area (Å²) in [5.41, 5.74) is 1.33. The first kappa shape index (κ1) is 12.8. The first-order chi connectivity index (χ1) is 8.33. The van der Waals surface area contributed by atoms with E-state index in [4.69, 9.17) is 4.74 Å². The first-order valence-electron chi connectivity index (χ1n) is 6.32. The Morgan fingerprint density at radius 2 is 2.29 bits per heavy atom. The van der Waals surface area contributed by atoms with E-state index in [1.165, 1.54) is 18.4 Å². The highest BCUT2D eigenvalue weighted by molar-refractivity contribution is 7.98. The van der Waals surface area contributed by atoms with E-state index in [0.29, 0.717) is 12.1 Å². The Labute approximate surface area is 108 Å². The van der Waals surface area contributed by atoms with Crippen molar-refractivity contribution in [3.8, 4) is 5.75 Å². The molecule has 17 heavy (non-hydrogen) atoms. The first-order valence-corrected chi connectivity index (χ1v) is 7.71. The molecule has 0 saturated heterocycles. The van der Waals surface area contributed by atoms with Gasteiger partial charge in [-0.15, -0.1) is 0 Å².